The zero-order chi connectivity index (χ0) is 25.1. The largest absolute Gasteiger partial charge is 0.573 e. The standard InChI is InChI=1S/C19H35F.C7H2F6O/c1-2-3-4-5-16-6-10-18(11-7-16)19-12-8-17(9-13-19)14-15-20;8-3-1-4(9)6(5(10)2-3)14-7(11,12)13/h16-19H,2-15H2,1H3;1-2H. The molecule has 0 saturated heterocycles. The Hall–Kier alpha value is -1.47. The highest BCUT2D eigenvalue weighted by Crippen LogP contribution is 2.42. The molecule has 8 heteroatoms. The summed E-state index contributed by atoms with van der Waals surface area (Å²) < 4.78 is 87.4. The third-order valence-electron chi connectivity index (χ3n) is 7.36. The van der Waals surface area contributed by atoms with Crippen molar-refractivity contribution < 1.29 is 35.5 Å². The van der Waals surface area contributed by atoms with E-state index in [-0.39, 0.29) is 18.8 Å². The topological polar surface area (TPSA) is 9.23 Å². The maximum absolute atomic E-state index is 12.5. The summed E-state index contributed by atoms with van der Waals surface area (Å²) in [7, 11) is 0. The molecule has 2 saturated carbocycles. The minimum Gasteiger partial charge on any atom is -0.399 e. The zero-order valence-electron chi connectivity index (χ0n) is 19.9. The van der Waals surface area contributed by atoms with Gasteiger partial charge in [-0.2, -0.15) is 0 Å². The van der Waals surface area contributed by atoms with Crippen LogP contribution in [-0.4, -0.2) is 13.0 Å². The molecule has 2 fully saturated rings. The Balaban J connectivity index is 0.000000257. The highest BCUT2D eigenvalue weighted by Gasteiger charge is 2.34. The second kappa shape index (κ2) is 14.2. The van der Waals surface area contributed by atoms with Gasteiger partial charge in [0.15, 0.2) is 11.6 Å². The third kappa shape index (κ3) is 10.0. The van der Waals surface area contributed by atoms with E-state index >= 15 is 0 Å². The Bertz CT molecular complexity index is 683. The van der Waals surface area contributed by atoms with Gasteiger partial charge in [-0.25, -0.2) is 13.2 Å². The average molecular weight is 499 g/mol. The smallest absolute Gasteiger partial charge is 0.399 e. The highest BCUT2D eigenvalue weighted by molar-refractivity contribution is 5.27. The number of halogens is 7. The molecule has 1 aromatic rings. The first-order chi connectivity index (χ1) is 16.1. The van der Waals surface area contributed by atoms with Gasteiger partial charge in [0.25, 0.3) is 0 Å². The van der Waals surface area contributed by atoms with Gasteiger partial charge in [-0.1, -0.05) is 58.3 Å². The molecule has 0 aliphatic heterocycles. The van der Waals surface area contributed by atoms with Crippen molar-refractivity contribution in [2.24, 2.45) is 23.7 Å². The molecule has 0 bridgehead atoms. The van der Waals surface area contributed by atoms with Gasteiger partial charge < -0.3 is 4.74 Å². The van der Waals surface area contributed by atoms with Crippen LogP contribution in [0.1, 0.15) is 90.4 Å². The van der Waals surface area contributed by atoms with Gasteiger partial charge in [-0.05, 0) is 55.8 Å². The van der Waals surface area contributed by atoms with Gasteiger partial charge in [-0.3, -0.25) is 4.39 Å². The number of hydrogen-bond donors (Lipinski definition) is 0. The van der Waals surface area contributed by atoms with Crippen LogP contribution in [0.25, 0.3) is 0 Å². The number of unbranched alkanes of at least 4 members (excludes halogenated alkanes) is 2. The number of alkyl halides is 4. The molecule has 0 N–H and O–H groups in total. The molecule has 0 unspecified atom stereocenters. The zero-order valence-corrected chi connectivity index (χ0v) is 19.9. The van der Waals surface area contributed by atoms with E-state index in [1.54, 1.807) is 0 Å². The predicted molar refractivity (Wildman–Crippen MR) is 119 cm³/mol. The Morgan fingerprint density at radius 2 is 1.24 bits per heavy atom. The molecule has 3 rings (SSSR count). The fraction of sp³-hybridized carbons (Fsp3) is 0.769. The van der Waals surface area contributed by atoms with E-state index < -0.39 is 29.6 Å². The molecule has 2 aliphatic rings. The minimum atomic E-state index is -5.22. The molecule has 0 amide bonds. The SMILES string of the molecule is CCCCCC1CCC(C2CCC(CCF)CC2)CC1.Fc1cc(F)c(OC(F)(F)F)c(F)c1. The molecule has 0 heterocycles. The first-order valence-corrected chi connectivity index (χ1v) is 12.6. The second-order valence-electron chi connectivity index (χ2n) is 9.78. The van der Waals surface area contributed by atoms with Crippen molar-refractivity contribution in [1.29, 1.82) is 0 Å². The summed E-state index contributed by atoms with van der Waals surface area (Å²) in [5.41, 5.74) is 0. The Morgan fingerprint density at radius 3 is 1.65 bits per heavy atom. The minimum absolute atomic E-state index is 0.0875. The van der Waals surface area contributed by atoms with Gasteiger partial charge in [0.2, 0.25) is 5.75 Å². The molecule has 0 aromatic heterocycles. The van der Waals surface area contributed by atoms with Crippen LogP contribution in [0.15, 0.2) is 12.1 Å². The molecular weight excluding hydrogens is 461 g/mol. The first kappa shape index (κ1) is 28.8. The summed E-state index contributed by atoms with van der Waals surface area (Å²) in [5, 5.41) is 0. The molecule has 2 aliphatic carbocycles. The lowest BCUT2D eigenvalue weighted by atomic mass is 9.68. The Labute approximate surface area is 198 Å². The molecule has 0 spiro atoms. The van der Waals surface area contributed by atoms with E-state index in [1.165, 1.54) is 77.0 Å². The summed E-state index contributed by atoms with van der Waals surface area (Å²) in [6.45, 7) is 2.20. The van der Waals surface area contributed by atoms with Crippen LogP contribution >= 0.6 is 0 Å². The number of hydrogen-bond acceptors (Lipinski definition) is 1. The van der Waals surface area contributed by atoms with Gasteiger partial charge in [0.1, 0.15) is 5.82 Å². The van der Waals surface area contributed by atoms with Crippen molar-refractivity contribution in [1.82, 2.24) is 0 Å². The van der Waals surface area contributed by atoms with Crippen molar-refractivity contribution in [2.45, 2.75) is 96.8 Å². The summed E-state index contributed by atoms with van der Waals surface area (Å²) >= 11 is 0. The van der Waals surface area contributed by atoms with Crippen LogP contribution in [-0.2, 0) is 0 Å². The normalized spacial score (nSPS) is 25.4. The fourth-order valence-electron chi connectivity index (χ4n) is 5.48. The number of rotatable bonds is 8. The Kier molecular flexibility index (Phi) is 12.0. The molecule has 1 aromatic carbocycles. The average Bonchev–Trinajstić information content (AvgIpc) is 2.78. The third-order valence-corrected chi connectivity index (χ3v) is 7.36. The van der Waals surface area contributed by atoms with Gasteiger partial charge in [-0.15, -0.1) is 13.2 Å². The summed E-state index contributed by atoms with van der Waals surface area (Å²) in [6, 6.07) is 0.175. The van der Waals surface area contributed by atoms with E-state index in [1.807, 2.05) is 0 Å². The van der Waals surface area contributed by atoms with E-state index in [0.717, 1.165) is 24.2 Å². The lowest BCUT2D eigenvalue weighted by Gasteiger charge is -2.37. The lowest BCUT2D eigenvalue weighted by Crippen LogP contribution is -2.26. The monoisotopic (exact) mass is 498 g/mol. The number of benzene rings is 1. The van der Waals surface area contributed by atoms with Gasteiger partial charge in [0.05, 0.1) is 6.67 Å². The van der Waals surface area contributed by atoms with Crippen molar-refractivity contribution in [3.8, 4) is 5.75 Å². The Morgan fingerprint density at radius 1 is 0.765 bits per heavy atom. The van der Waals surface area contributed by atoms with Crippen LogP contribution in [0.3, 0.4) is 0 Å². The quantitative estimate of drug-likeness (QED) is 0.256. The molecular formula is C26H37F7O. The van der Waals surface area contributed by atoms with Crippen LogP contribution in [0.4, 0.5) is 30.7 Å². The molecule has 1 nitrogen and oxygen atoms in total. The van der Waals surface area contributed by atoms with Crippen molar-refractivity contribution in [2.75, 3.05) is 6.67 Å². The maximum Gasteiger partial charge on any atom is 0.573 e. The van der Waals surface area contributed by atoms with Crippen LogP contribution < -0.4 is 4.74 Å². The van der Waals surface area contributed by atoms with E-state index in [2.05, 4.69) is 11.7 Å². The molecule has 0 atom stereocenters. The van der Waals surface area contributed by atoms with Gasteiger partial charge >= 0.3 is 6.36 Å². The van der Waals surface area contributed by atoms with Crippen molar-refractivity contribution in [3.05, 3.63) is 29.6 Å². The fourth-order valence-corrected chi connectivity index (χ4v) is 5.48. The molecule has 0 radical (unpaired) electrons. The van der Waals surface area contributed by atoms with Crippen LogP contribution in [0.5, 0.6) is 5.75 Å². The first-order valence-electron chi connectivity index (χ1n) is 12.6. The summed E-state index contributed by atoms with van der Waals surface area (Å²) in [6.07, 6.45) is 12.8. The highest BCUT2D eigenvalue weighted by atomic mass is 19.4. The van der Waals surface area contributed by atoms with Crippen molar-refractivity contribution in [3.63, 3.8) is 0 Å². The summed E-state index contributed by atoms with van der Waals surface area (Å²) in [5.74, 6) is -2.73. The predicted octanol–water partition coefficient (Wildman–Crippen LogP) is 9.54. The summed E-state index contributed by atoms with van der Waals surface area (Å²) in [4.78, 5) is 0. The second-order valence-corrected chi connectivity index (χ2v) is 9.78. The molecule has 34 heavy (non-hydrogen) atoms. The van der Waals surface area contributed by atoms with Gasteiger partial charge in [0, 0.05) is 12.1 Å². The number of ether oxygens (including phenoxy) is 1. The maximum atomic E-state index is 12.5. The van der Waals surface area contributed by atoms with E-state index in [4.69, 9.17) is 0 Å². The van der Waals surface area contributed by atoms with E-state index in [0.29, 0.717) is 5.92 Å². The van der Waals surface area contributed by atoms with Crippen LogP contribution in [0.2, 0.25) is 0 Å². The van der Waals surface area contributed by atoms with Crippen molar-refractivity contribution >= 4 is 0 Å². The van der Waals surface area contributed by atoms with Crippen LogP contribution in [0, 0.1) is 41.1 Å². The lowest BCUT2D eigenvalue weighted by molar-refractivity contribution is -0.276. The molecule has 196 valence electrons. The van der Waals surface area contributed by atoms with E-state index in [9.17, 15) is 30.7 Å².